The number of nitrogens with zero attached hydrogens (tertiary/aromatic N) is 2. The Balaban J connectivity index is 1.74. The summed E-state index contributed by atoms with van der Waals surface area (Å²) in [6, 6.07) is 4.57. The molecule has 5 nitrogen and oxygen atoms in total. The van der Waals surface area contributed by atoms with Crippen molar-refractivity contribution in [3.05, 3.63) is 42.2 Å². The van der Waals surface area contributed by atoms with Crippen LogP contribution in [-0.4, -0.2) is 48.4 Å². The Morgan fingerprint density at radius 3 is 2.92 bits per heavy atom. The maximum absolute atomic E-state index is 14.2. The van der Waals surface area contributed by atoms with Crippen molar-refractivity contribution < 1.29 is 18.7 Å². The van der Waals surface area contributed by atoms with E-state index in [-0.39, 0.29) is 24.2 Å². The summed E-state index contributed by atoms with van der Waals surface area (Å²) in [5.41, 5.74) is -0.0722. The van der Waals surface area contributed by atoms with Crippen molar-refractivity contribution in [3.8, 4) is 5.75 Å². The maximum Gasteiger partial charge on any atom is 0.230 e. The Labute approximate surface area is 153 Å². The van der Waals surface area contributed by atoms with E-state index in [2.05, 4.69) is 6.58 Å². The van der Waals surface area contributed by atoms with Gasteiger partial charge in [-0.25, -0.2) is 4.39 Å². The van der Waals surface area contributed by atoms with Crippen molar-refractivity contribution in [2.75, 3.05) is 26.7 Å². The van der Waals surface area contributed by atoms with Gasteiger partial charge in [-0.05, 0) is 37.5 Å². The Kier molecular flexibility index (Phi) is 5.30. The van der Waals surface area contributed by atoms with Gasteiger partial charge in [0.05, 0.1) is 12.5 Å². The molecular formula is C20H25FN2O3. The Bertz CT molecular complexity index is 721. The molecule has 1 aromatic rings. The van der Waals surface area contributed by atoms with Crippen LogP contribution in [0.2, 0.25) is 0 Å². The van der Waals surface area contributed by atoms with Crippen molar-refractivity contribution in [1.82, 2.24) is 9.80 Å². The minimum Gasteiger partial charge on any atom is -0.497 e. The molecule has 2 fully saturated rings. The molecule has 140 valence electrons. The van der Waals surface area contributed by atoms with E-state index in [4.69, 9.17) is 4.74 Å². The van der Waals surface area contributed by atoms with Crippen molar-refractivity contribution in [2.24, 2.45) is 5.41 Å². The van der Waals surface area contributed by atoms with Crippen LogP contribution in [0.25, 0.3) is 0 Å². The second kappa shape index (κ2) is 7.48. The fourth-order valence-electron chi connectivity index (χ4n) is 4.02. The lowest BCUT2D eigenvalue weighted by Gasteiger charge is -2.39. The van der Waals surface area contributed by atoms with Gasteiger partial charge in [0.25, 0.3) is 0 Å². The molecule has 0 saturated carbocycles. The zero-order valence-electron chi connectivity index (χ0n) is 15.2. The number of ether oxygens (including phenoxy) is 1. The van der Waals surface area contributed by atoms with Crippen molar-refractivity contribution in [3.63, 3.8) is 0 Å². The van der Waals surface area contributed by atoms with Gasteiger partial charge in [0, 0.05) is 38.2 Å². The van der Waals surface area contributed by atoms with E-state index < -0.39 is 5.41 Å². The van der Waals surface area contributed by atoms with Gasteiger partial charge in [0.15, 0.2) is 0 Å². The number of halogens is 1. The molecule has 3 rings (SSSR count). The van der Waals surface area contributed by atoms with Crippen molar-refractivity contribution in [2.45, 2.75) is 32.2 Å². The van der Waals surface area contributed by atoms with Gasteiger partial charge < -0.3 is 14.5 Å². The molecule has 2 aliphatic rings. The highest BCUT2D eigenvalue weighted by Crippen LogP contribution is 2.40. The van der Waals surface area contributed by atoms with E-state index in [0.717, 1.165) is 12.8 Å². The number of hydrogen-bond acceptors (Lipinski definition) is 3. The highest BCUT2D eigenvalue weighted by Gasteiger charge is 2.49. The van der Waals surface area contributed by atoms with E-state index in [9.17, 15) is 14.0 Å². The molecule has 1 aromatic carbocycles. The molecule has 2 saturated heterocycles. The predicted octanol–water partition coefficient (Wildman–Crippen LogP) is 2.75. The summed E-state index contributed by atoms with van der Waals surface area (Å²) < 4.78 is 19.3. The normalized spacial score (nSPS) is 22.8. The van der Waals surface area contributed by atoms with E-state index >= 15 is 0 Å². The molecule has 2 amide bonds. The third kappa shape index (κ3) is 3.45. The Hall–Kier alpha value is -2.37. The summed E-state index contributed by atoms with van der Waals surface area (Å²) in [7, 11) is 1.53. The van der Waals surface area contributed by atoms with Crippen LogP contribution in [0.5, 0.6) is 5.75 Å². The minimum atomic E-state index is -0.523. The van der Waals surface area contributed by atoms with Gasteiger partial charge in [-0.1, -0.05) is 6.08 Å². The van der Waals surface area contributed by atoms with E-state index in [1.807, 2.05) is 0 Å². The second-order valence-electron chi connectivity index (χ2n) is 7.13. The van der Waals surface area contributed by atoms with Crippen molar-refractivity contribution >= 4 is 11.8 Å². The highest BCUT2D eigenvalue weighted by atomic mass is 19.1. The van der Waals surface area contributed by atoms with Crippen LogP contribution in [0, 0.1) is 11.2 Å². The molecule has 0 bridgehead atoms. The fourth-order valence-corrected chi connectivity index (χ4v) is 4.02. The number of rotatable bonds is 5. The fraction of sp³-hybridized carbons (Fsp3) is 0.500. The monoisotopic (exact) mass is 360 g/mol. The van der Waals surface area contributed by atoms with Gasteiger partial charge in [-0.15, -0.1) is 6.58 Å². The number of hydrogen-bond donors (Lipinski definition) is 0. The van der Waals surface area contributed by atoms with Crippen LogP contribution in [0.3, 0.4) is 0 Å². The van der Waals surface area contributed by atoms with Gasteiger partial charge in [0.2, 0.25) is 11.8 Å². The van der Waals surface area contributed by atoms with Crippen LogP contribution in [-0.2, 0) is 16.1 Å². The first-order chi connectivity index (χ1) is 12.5. The third-order valence-electron chi connectivity index (χ3n) is 5.46. The first kappa shape index (κ1) is 18.4. The smallest absolute Gasteiger partial charge is 0.230 e. The molecule has 0 aromatic heterocycles. The molecule has 0 aliphatic carbocycles. The first-order valence-electron chi connectivity index (χ1n) is 8.99. The maximum atomic E-state index is 14.2. The molecule has 0 radical (unpaired) electrons. The van der Waals surface area contributed by atoms with E-state index in [0.29, 0.717) is 43.8 Å². The van der Waals surface area contributed by atoms with Gasteiger partial charge >= 0.3 is 0 Å². The molecular weight excluding hydrogens is 335 g/mol. The highest BCUT2D eigenvalue weighted by molar-refractivity contribution is 5.86. The summed E-state index contributed by atoms with van der Waals surface area (Å²) in [4.78, 5) is 28.8. The number of piperidine rings is 1. The summed E-state index contributed by atoms with van der Waals surface area (Å²) in [6.07, 6.45) is 4.20. The molecule has 6 heteroatoms. The second-order valence-corrected chi connectivity index (χ2v) is 7.13. The van der Waals surface area contributed by atoms with Crippen LogP contribution < -0.4 is 4.74 Å². The van der Waals surface area contributed by atoms with Gasteiger partial charge in [-0.3, -0.25) is 9.59 Å². The lowest BCUT2D eigenvalue weighted by atomic mass is 9.78. The molecule has 2 aliphatic heterocycles. The minimum absolute atomic E-state index is 0.0145. The van der Waals surface area contributed by atoms with Crippen LogP contribution in [0.1, 0.15) is 31.2 Å². The molecule has 1 atom stereocenters. The first-order valence-corrected chi connectivity index (χ1v) is 8.99. The quantitative estimate of drug-likeness (QED) is 0.759. The number of likely N-dealkylation sites (tertiary alicyclic amines) is 2. The SMILES string of the molecule is C=CCC(=O)N1CC[C@@]2(CCCN(Cc3cc(OC)ccc3F)C2=O)C1. The zero-order valence-corrected chi connectivity index (χ0v) is 15.2. The average Bonchev–Trinajstić information content (AvgIpc) is 3.06. The standard InChI is InChI=1S/C20H25FN2O3/c1-3-5-18(24)23-11-9-20(14-23)8-4-10-22(19(20)25)13-15-12-16(26-2)6-7-17(15)21/h3,6-7,12H,1,4-5,8-11,13-14H2,2H3/t20-/m0/s1. The number of methoxy groups -OCH3 is 1. The van der Waals surface area contributed by atoms with Crippen LogP contribution in [0.15, 0.2) is 30.9 Å². The molecule has 0 unspecified atom stereocenters. The lowest BCUT2D eigenvalue weighted by Crippen LogP contribution is -2.50. The molecule has 1 spiro atoms. The predicted molar refractivity (Wildman–Crippen MR) is 96.0 cm³/mol. The van der Waals surface area contributed by atoms with Gasteiger partial charge in [0.1, 0.15) is 11.6 Å². The summed E-state index contributed by atoms with van der Waals surface area (Å²) in [6.45, 7) is 5.49. The Morgan fingerprint density at radius 2 is 2.19 bits per heavy atom. The van der Waals surface area contributed by atoms with Gasteiger partial charge in [-0.2, -0.15) is 0 Å². The van der Waals surface area contributed by atoms with Crippen LogP contribution in [0.4, 0.5) is 4.39 Å². The number of benzene rings is 1. The number of carbonyl (C=O) groups is 2. The van der Waals surface area contributed by atoms with E-state index in [1.165, 1.54) is 13.2 Å². The molecule has 0 N–H and O–H groups in total. The largest absolute Gasteiger partial charge is 0.497 e. The number of amides is 2. The van der Waals surface area contributed by atoms with E-state index in [1.54, 1.807) is 28.0 Å². The lowest BCUT2D eigenvalue weighted by molar-refractivity contribution is -0.146. The zero-order chi connectivity index (χ0) is 18.7. The summed E-state index contributed by atoms with van der Waals surface area (Å²) in [5, 5.41) is 0. The van der Waals surface area contributed by atoms with Crippen molar-refractivity contribution in [1.29, 1.82) is 0 Å². The topological polar surface area (TPSA) is 49.9 Å². The summed E-state index contributed by atoms with van der Waals surface area (Å²) >= 11 is 0. The average molecular weight is 360 g/mol. The molecule has 2 heterocycles. The molecule has 26 heavy (non-hydrogen) atoms. The third-order valence-corrected chi connectivity index (χ3v) is 5.46. The summed E-state index contributed by atoms with van der Waals surface area (Å²) in [5.74, 6) is 0.274. The number of carbonyl (C=O) groups excluding carboxylic acids is 2. The Morgan fingerprint density at radius 1 is 1.38 bits per heavy atom. The van der Waals surface area contributed by atoms with Crippen LogP contribution >= 0.6 is 0 Å².